The fourth-order valence-electron chi connectivity index (χ4n) is 5.63. The Balaban J connectivity index is 0.000000166. The van der Waals surface area contributed by atoms with Crippen LogP contribution in [0.5, 0.6) is 0 Å². The maximum absolute atomic E-state index is 3.48. The largest absolute Gasteiger partial charge is 0.214 e. The number of rotatable bonds is 2. The van der Waals surface area contributed by atoms with Gasteiger partial charge in [0.15, 0.2) is 0 Å². The molecule has 8 rings (SSSR count). The first-order valence-electron chi connectivity index (χ1n) is 13.4. The van der Waals surface area contributed by atoms with E-state index >= 15 is 0 Å². The van der Waals surface area contributed by atoms with E-state index in [9.17, 15) is 0 Å². The van der Waals surface area contributed by atoms with Crippen LogP contribution in [0.25, 0.3) is 43.4 Å². The minimum Gasteiger partial charge on any atom is -0.214 e. The second-order valence-corrected chi connectivity index (χ2v) is 10.7. The molecule has 0 unspecified atom stereocenters. The van der Waals surface area contributed by atoms with Gasteiger partial charge in [-0.25, -0.2) is 12.1 Å². The van der Waals surface area contributed by atoms with Crippen molar-refractivity contribution in [2.24, 2.45) is 0 Å². The van der Waals surface area contributed by atoms with Gasteiger partial charge in [-0.05, 0) is 28.5 Å². The number of hydrogen-bond donors (Lipinski definition) is 0. The molecule has 3 heteroatoms. The Hall–Kier alpha value is -3.22. The molecule has 7 aromatic rings. The van der Waals surface area contributed by atoms with Gasteiger partial charge in [0.05, 0.1) is 0 Å². The molecule has 0 saturated heterocycles. The molecule has 7 aromatic carbocycles. The van der Waals surface area contributed by atoms with Crippen LogP contribution in [0.3, 0.4) is 0 Å². The molecule has 200 valence electrons. The fourth-order valence-corrected chi connectivity index (χ4v) is 6.17. The molecular weight excluding hydrogens is 619 g/mol. The summed E-state index contributed by atoms with van der Waals surface area (Å²) in [6.45, 7) is 0. The van der Waals surface area contributed by atoms with E-state index in [1.54, 1.807) is 0 Å². The Labute approximate surface area is 269 Å². The van der Waals surface area contributed by atoms with Crippen LogP contribution in [-0.2, 0) is 37.1 Å². The summed E-state index contributed by atoms with van der Waals surface area (Å²) in [5.41, 5.74) is 7.11. The minimum atomic E-state index is 0. The van der Waals surface area contributed by atoms with Crippen LogP contribution in [0.2, 0.25) is 0 Å². The molecule has 0 fully saturated rings. The minimum absolute atomic E-state index is 0. The van der Waals surface area contributed by atoms with Crippen molar-refractivity contribution in [2.75, 3.05) is 0 Å². The Morgan fingerprint density at radius 3 is 2.07 bits per heavy atom. The molecule has 0 N–H and O–H groups in total. The monoisotopic (exact) mass is 644 g/mol. The van der Waals surface area contributed by atoms with Crippen molar-refractivity contribution in [1.82, 2.24) is 0 Å². The van der Waals surface area contributed by atoms with E-state index in [0.29, 0.717) is 0 Å². The SMILES string of the molecule is [Cl-].[Cl-].[Zr+2]=[CH]Cc1cccc2ccccc12.[c-]1cccc2c1c1c(c3ccccc32)-c2ccccc2C1.c1cc[cH-]c1. The van der Waals surface area contributed by atoms with Crippen molar-refractivity contribution < 1.29 is 49.0 Å². The van der Waals surface area contributed by atoms with Crippen LogP contribution in [0.15, 0.2) is 140 Å². The fraction of sp³-hybridized carbons (Fsp3) is 0.0526. The first-order chi connectivity index (χ1) is 19.3. The predicted molar refractivity (Wildman–Crippen MR) is 164 cm³/mol. The first-order valence-corrected chi connectivity index (χ1v) is 14.8. The number of hydrogen-bond acceptors (Lipinski definition) is 0. The number of halogens is 2. The van der Waals surface area contributed by atoms with Crippen molar-refractivity contribution >= 4 is 36.0 Å². The van der Waals surface area contributed by atoms with E-state index in [1.165, 1.54) is 84.4 Å². The van der Waals surface area contributed by atoms with Gasteiger partial charge in [-0.15, -0.1) is 40.6 Å². The van der Waals surface area contributed by atoms with Crippen molar-refractivity contribution in [2.45, 2.75) is 12.8 Å². The third kappa shape index (κ3) is 6.49. The molecule has 0 nitrogen and oxygen atoms in total. The summed E-state index contributed by atoms with van der Waals surface area (Å²) in [5.74, 6) is 0. The van der Waals surface area contributed by atoms with Crippen molar-refractivity contribution in [3.63, 3.8) is 0 Å². The summed E-state index contributed by atoms with van der Waals surface area (Å²) in [7, 11) is 0. The van der Waals surface area contributed by atoms with Crippen LogP contribution < -0.4 is 24.8 Å². The van der Waals surface area contributed by atoms with Gasteiger partial charge < -0.3 is 24.8 Å². The molecule has 41 heavy (non-hydrogen) atoms. The Kier molecular flexibility index (Phi) is 11.0. The molecule has 0 saturated carbocycles. The molecule has 0 radical (unpaired) electrons. The smallest absolute Gasteiger partial charge is 0.0240 e. The van der Waals surface area contributed by atoms with Gasteiger partial charge in [0.2, 0.25) is 0 Å². The van der Waals surface area contributed by atoms with Crippen molar-refractivity contribution in [3.05, 3.63) is 162 Å². The van der Waals surface area contributed by atoms with Gasteiger partial charge in [-0.3, -0.25) is 0 Å². The van der Waals surface area contributed by atoms with Crippen LogP contribution in [0.1, 0.15) is 16.7 Å². The normalized spacial score (nSPS) is 10.7. The average molecular weight is 647 g/mol. The molecular formula is C38H28Cl2Zr-2. The molecule has 0 bridgehead atoms. The molecule has 0 atom stereocenters. The standard InChI is InChI=1S/C21H13.C12H10.C5H5.2ClH.Zr/c1-2-8-15-14(7-1)13-20-18-11-4-3-9-16(18)17-10-5-6-12-19(17)21(15)20;1-2-10-7-5-8-11-6-3-4-9-12(10)11;1-2-4-5-3-1;;;/h1-10,12H,13H2;1,3-9H,2H2;1-5H;2*1H;/q-1;;-1;;;+2/p-2. The summed E-state index contributed by atoms with van der Waals surface area (Å²) >= 11 is 1.50. The Bertz CT molecular complexity index is 1860. The quantitative estimate of drug-likeness (QED) is 0.199. The zero-order valence-corrected chi connectivity index (χ0v) is 26.5. The molecule has 1 aliphatic carbocycles. The number of benzene rings is 6. The van der Waals surface area contributed by atoms with Crippen molar-refractivity contribution in [3.8, 4) is 11.1 Å². The van der Waals surface area contributed by atoms with Crippen LogP contribution in [0, 0.1) is 6.07 Å². The molecule has 0 aromatic heterocycles. The van der Waals surface area contributed by atoms with Gasteiger partial charge in [0, 0.05) is 0 Å². The number of fused-ring (bicyclic) bond motifs is 9. The maximum Gasteiger partial charge on any atom is -0.0240 e. The van der Waals surface area contributed by atoms with Crippen molar-refractivity contribution in [1.29, 1.82) is 0 Å². The molecule has 0 spiro atoms. The summed E-state index contributed by atoms with van der Waals surface area (Å²) in [5, 5.41) is 8.03. The summed E-state index contributed by atoms with van der Waals surface area (Å²) < 4.78 is 2.29. The molecule has 0 heterocycles. The van der Waals surface area contributed by atoms with E-state index in [1.807, 2.05) is 36.4 Å². The van der Waals surface area contributed by atoms with E-state index < -0.39 is 0 Å². The predicted octanol–water partition coefficient (Wildman–Crippen LogP) is 3.51. The van der Waals surface area contributed by atoms with Crippen LogP contribution >= 0.6 is 0 Å². The summed E-state index contributed by atoms with van der Waals surface area (Å²) in [4.78, 5) is 0. The van der Waals surface area contributed by atoms with Gasteiger partial charge in [-0.2, -0.15) is 18.2 Å². The van der Waals surface area contributed by atoms with E-state index in [2.05, 4.69) is 113 Å². The first kappa shape index (κ1) is 30.7. The van der Waals surface area contributed by atoms with Gasteiger partial charge in [-0.1, -0.05) is 53.9 Å². The average Bonchev–Trinajstić information content (AvgIpc) is 3.71. The molecule has 0 aliphatic heterocycles. The molecule has 1 aliphatic rings. The Morgan fingerprint density at radius 1 is 0.659 bits per heavy atom. The molecule has 0 amide bonds. The second-order valence-electron chi connectivity index (χ2n) is 9.70. The third-order valence-corrected chi connectivity index (χ3v) is 7.86. The van der Waals surface area contributed by atoms with E-state index in [0.717, 1.165) is 12.8 Å². The van der Waals surface area contributed by atoms with E-state index in [4.69, 9.17) is 0 Å². The topological polar surface area (TPSA) is 0 Å². The third-order valence-electron chi connectivity index (χ3n) is 7.36. The summed E-state index contributed by atoms with van der Waals surface area (Å²) in [6, 6.07) is 52.4. The summed E-state index contributed by atoms with van der Waals surface area (Å²) in [6.07, 6.45) is 2.12. The Morgan fingerprint density at radius 2 is 1.32 bits per heavy atom. The van der Waals surface area contributed by atoms with Gasteiger partial charge in [0.25, 0.3) is 0 Å². The van der Waals surface area contributed by atoms with Crippen LogP contribution in [0.4, 0.5) is 0 Å². The zero-order chi connectivity index (χ0) is 26.4. The van der Waals surface area contributed by atoms with Crippen LogP contribution in [-0.4, -0.2) is 3.71 Å². The second kappa shape index (κ2) is 14.6. The van der Waals surface area contributed by atoms with Gasteiger partial charge in [0.1, 0.15) is 0 Å². The zero-order valence-electron chi connectivity index (χ0n) is 22.5. The van der Waals surface area contributed by atoms with Gasteiger partial charge >= 0.3 is 93.2 Å². The maximum atomic E-state index is 3.48. The van der Waals surface area contributed by atoms with E-state index in [-0.39, 0.29) is 24.8 Å².